The largest absolute Gasteiger partial charge is 0.467 e. The van der Waals surface area contributed by atoms with Crippen LogP contribution in [0.4, 0.5) is 4.39 Å². The van der Waals surface area contributed by atoms with Gasteiger partial charge in [0.25, 0.3) is 0 Å². The molecule has 2 aromatic carbocycles. The highest BCUT2D eigenvalue weighted by Crippen LogP contribution is 2.34. The maximum Gasteiger partial charge on any atom is 0.417 e. The predicted molar refractivity (Wildman–Crippen MR) is 107 cm³/mol. The topological polar surface area (TPSA) is 74.4 Å². The Bertz CT molecular complexity index is 1190. The van der Waals surface area contributed by atoms with E-state index in [-0.39, 0.29) is 11.9 Å². The zero-order valence-electron chi connectivity index (χ0n) is 15.7. The lowest BCUT2D eigenvalue weighted by Gasteiger charge is -2.34. The maximum atomic E-state index is 13.5. The van der Waals surface area contributed by atoms with Gasteiger partial charge in [-0.15, -0.1) is 0 Å². The number of aromatic amines is 1. The van der Waals surface area contributed by atoms with Gasteiger partial charge in [-0.25, -0.2) is 9.18 Å². The number of rotatable bonds is 4. The number of halogens is 1. The SMILES string of the molecule is O=c1[nH]c2ccc(-c3coc(C(c4ccc(F)cc4)N4CCNCC4)c3)cc2o1. The van der Waals surface area contributed by atoms with E-state index in [4.69, 9.17) is 8.83 Å². The predicted octanol–water partition coefficient (Wildman–Crippen LogP) is 3.51. The summed E-state index contributed by atoms with van der Waals surface area (Å²) in [7, 11) is 0. The molecule has 0 bridgehead atoms. The first-order valence-corrected chi connectivity index (χ1v) is 9.59. The van der Waals surface area contributed by atoms with Crippen LogP contribution in [0, 0.1) is 5.82 Å². The standard InChI is InChI=1S/C22H20FN3O3/c23-17-4-1-14(2-5-17)21(26-9-7-24-8-10-26)20-12-16(13-28-20)15-3-6-18-19(11-15)29-22(27)25-18/h1-6,11-13,21,24H,7-10H2,(H,25,27). The molecule has 1 atom stereocenters. The molecule has 1 fully saturated rings. The van der Waals surface area contributed by atoms with Crippen LogP contribution >= 0.6 is 0 Å². The molecular formula is C22H20FN3O3. The summed E-state index contributed by atoms with van der Waals surface area (Å²) in [5.41, 5.74) is 3.95. The molecule has 2 aromatic heterocycles. The molecule has 0 amide bonds. The van der Waals surface area contributed by atoms with Crippen LogP contribution in [0.15, 0.2) is 68.4 Å². The van der Waals surface area contributed by atoms with Gasteiger partial charge in [0.15, 0.2) is 5.58 Å². The van der Waals surface area contributed by atoms with Crippen molar-refractivity contribution in [3.05, 3.63) is 82.5 Å². The lowest BCUT2D eigenvalue weighted by Crippen LogP contribution is -2.45. The Kier molecular flexibility index (Phi) is 4.54. The molecule has 0 aliphatic carbocycles. The third kappa shape index (κ3) is 3.50. The fourth-order valence-electron chi connectivity index (χ4n) is 3.91. The first-order chi connectivity index (χ1) is 14.2. The summed E-state index contributed by atoms with van der Waals surface area (Å²) in [6.45, 7) is 3.54. The van der Waals surface area contributed by atoms with Crippen LogP contribution < -0.4 is 11.1 Å². The normalized spacial score (nSPS) is 16.3. The van der Waals surface area contributed by atoms with Gasteiger partial charge < -0.3 is 14.2 Å². The number of H-pyrrole nitrogens is 1. The smallest absolute Gasteiger partial charge is 0.417 e. The molecule has 29 heavy (non-hydrogen) atoms. The zero-order chi connectivity index (χ0) is 19.8. The second kappa shape index (κ2) is 7.35. The van der Waals surface area contributed by atoms with E-state index in [0.717, 1.165) is 48.6 Å². The van der Waals surface area contributed by atoms with Crippen molar-refractivity contribution in [3.63, 3.8) is 0 Å². The first-order valence-electron chi connectivity index (χ1n) is 9.59. The molecule has 1 saturated heterocycles. The number of aromatic nitrogens is 1. The summed E-state index contributed by atoms with van der Waals surface area (Å²) in [6, 6.07) is 14.0. The summed E-state index contributed by atoms with van der Waals surface area (Å²) in [6.07, 6.45) is 1.71. The molecule has 7 heteroatoms. The number of benzene rings is 2. The molecule has 0 saturated carbocycles. The van der Waals surface area contributed by atoms with Crippen molar-refractivity contribution in [2.45, 2.75) is 6.04 Å². The number of piperazine rings is 1. The number of furan rings is 1. The molecule has 2 N–H and O–H groups in total. The number of hydrogen-bond acceptors (Lipinski definition) is 5. The summed E-state index contributed by atoms with van der Waals surface area (Å²) in [5, 5.41) is 3.36. The molecule has 6 nitrogen and oxygen atoms in total. The lowest BCUT2D eigenvalue weighted by molar-refractivity contribution is 0.180. The minimum absolute atomic E-state index is 0.0969. The Labute approximate surface area is 165 Å². The lowest BCUT2D eigenvalue weighted by atomic mass is 10.0. The Hall–Kier alpha value is -3.16. The third-order valence-corrected chi connectivity index (χ3v) is 5.35. The van der Waals surface area contributed by atoms with Gasteiger partial charge in [0.05, 0.1) is 17.8 Å². The number of hydrogen-bond donors (Lipinski definition) is 2. The molecule has 1 aliphatic rings. The zero-order valence-corrected chi connectivity index (χ0v) is 15.7. The maximum absolute atomic E-state index is 13.5. The van der Waals surface area contributed by atoms with Gasteiger partial charge >= 0.3 is 5.76 Å². The van der Waals surface area contributed by atoms with Gasteiger partial charge in [-0.1, -0.05) is 18.2 Å². The molecule has 0 spiro atoms. The Morgan fingerprint density at radius 2 is 1.79 bits per heavy atom. The van der Waals surface area contributed by atoms with Crippen molar-refractivity contribution in [2.24, 2.45) is 0 Å². The van der Waals surface area contributed by atoms with Crippen molar-refractivity contribution in [2.75, 3.05) is 26.2 Å². The van der Waals surface area contributed by atoms with E-state index in [1.54, 1.807) is 6.26 Å². The summed E-state index contributed by atoms with van der Waals surface area (Å²) < 4.78 is 24.6. The van der Waals surface area contributed by atoms with E-state index in [9.17, 15) is 9.18 Å². The van der Waals surface area contributed by atoms with Gasteiger partial charge in [0.1, 0.15) is 11.6 Å². The number of nitrogens with zero attached hydrogens (tertiary/aromatic N) is 1. The Morgan fingerprint density at radius 3 is 2.59 bits per heavy atom. The van der Waals surface area contributed by atoms with Gasteiger partial charge in [-0.05, 0) is 41.5 Å². The third-order valence-electron chi connectivity index (χ3n) is 5.35. The van der Waals surface area contributed by atoms with Crippen molar-refractivity contribution in [1.82, 2.24) is 15.2 Å². The summed E-state index contributed by atoms with van der Waals surface area (Å²) >= 11 is 0. The van der Waals surface area contributed by atoms with Gasteiger partial charge in [0.2, 0.25) is 0 Å². The number of oxazole rings is 1. The molecule has 0 radical (unpaired) electrons. The monoisotopic (exact) mass is 393 g/mol. The summed E-state index contributed by atoms with van der Waals surface area (Å²) in [4.78, 5) is 16.4. The molecule has 4 aromatic rings. The Balaban J connectivity index is 1.53. The van der Waals surface area contributed by atoms with E-state index in [1.807, 2.05) is 36.4 Å². The quantitative estimate of drug-likeness (QED) is 0.555. The van der Waals surface area contributed by atoms with Crippen LogP contribution in [0.1, 0.15) is 17.4 Å². The highest BCUT2D eigenvalue weighted by atomic mass is 19.1. The van der Waals surface area contributed by atoms with Crippen LogP contribution in [0.3, 0.4) is 0 Å². The van der Waals surface area contributed by atoms with Crippen molar-refractivity contribution in [3.8, 4) is 11.1 Å². The van der Waals surface area contributed by atoms with E-state index in [2.05, 4.69) is 15.2 Å². The second-order valence-electron chi connectivity index (χ2n) is 7.20. The molecular weight excluding hydrogens is 373 g/mol. The molecule has 1 aliphatic heterocycles. The van der Waals surface area contributed by atoms with Crippen LogP contribution in [-0.2, 0) is 0 Å². The minimum Gasteiger partial charge on any atom is -0.467 e. The van der Waals surface area contributed by atoms with E-state index >= 15 is 0 Å². The van der Waals surface area contributed by atoms with E-state index in [1.165, 1.54) is 12.1 Å². The molecule has 5 rings (SSSR count). The fourth-order valence-corrected chi connectivity index (χ4v) is 3.91. The number of nitrogens with one attached hydrogen (secondary N) is 2. The highest BCUT2D eigenvalue weighted by Gasteiger charge is 2.27. The van der Waals surface area contributed by atoms with Crippen LogP contribution in [0.5, 0.6) is 0 Å². The van der Waals surface area contributed by atoms with Crippen LogP contribution in [0.2, 0.25) is 0 Å². The summed E-state index contributed by atoms with van der Waals surface area (Å²) in [5.74, 6) is 0.0680. The van der Waals surface area contributed by atoms with Gasteiger partial charge in [0, 0.05) is 31.7 Å². The van der Waals surface area contributed by atoms with Crippen molar-refractivity contribution in [1.29, 1.82) is 0 Å². The average molecular weight is 393 g/mol. The van der Waals surface area contributed by atoms with Gasteiger partial charge in [-0.2, -0.15) is 0 Å². The molecule has 1 unspecified atom stereocenters. The second-order valence-corrected chi connectivity index (χ2v) is 7.20. The first kappa shape index (κ1) is 17.9. The van der Waals surface area contributed by atoms with Crippen molar-refractivity contribution < 1.29 is 13.2 Å². The van der Waals surface area contributed by atoms with Crippen LogP contribution in [-0.4, -0.2) is 36.1 Å². The average Bonchev–Trinajstić information content (AvgIpc) is 3.36. The van der Waals surface area contributed by atoms with E-state index < -0.39 is 5.76 Å². The number of fused-ring (bicyclic) bond motifs is 1. The Morgan fingerprint density at radius 1 is 1.00 bits per heavy atom. The molecule has 3 heterocycles. The fraction of sp³-hybridized carbons (Fsp3) is 0.227. The van der Waals surface area contributed by atoms with Crippen LogP contribution in [0.25, 0.3) is 22.2 Å². The van der Waals surface area contributed by atoms with Crippen molar-refractivity contribution >= 4 is 11.1 Å². The minimum atomic E-state index is -0.472. The van der Waals surface area contributed by atoms with Gasteiger partial charge in [-0.3, -0.25) is 9.88 Å². The molecule has 148 valence electrons. The highest BCUT2D eigenvalue weighted by molar-refractivity contribution is 5.79. The van der Waals surface area contributed by atoms with E-state index in [0.29, 0.717) is 11.1 Å².